The van der Waals surface area contributed by atoms with Gasteiger partial charge in [-0.1, -0.05) is 30.7 Å². The number of piperazine rings is 1. The second kappa shape index (κ2) is 22.7. The molecule has 5 N–H and O–H groups in total. The monoisotopic (exact) mass is 891 g/mol. The van der Waals surface area contributed by atoms with Crippen molar-refractivity contribution in [1.82, 2.24) is 20.1 Å². The number of aromatic carboxylic acids is 1. The highest BCUT2D eigenvalue weighted by atomic mass is 35.5. The number of likely N-dealkylation sites (tertiary alicyclic amines) is 1. The maximum absolute atomic E-state index is 14.4. The molecular formula is C46H56ClF2N7O7. The summed E-state index contributed by atoms with van der Waals surface area (Å²) in [6.45, 7) is 9.41. The van der Waals surface area contributed by atoms with Crippen molar-refractivity contribution >= 4 is 40.8 Å². The average Bonchev–Trinajstić information content (AvgIpc) is 3.74. The Hall–Kier alpha value is -5.55. The molecule has 2 aliphatic heterocycles. The standard InChI is InChI=1S/C46H56ClF2N7O7/c1-3-34-29-55(45(58)36-11-10-31(47)26-38(36)43(48)49)19-20-56(34)40-13-12-39(37-8-5-6-9-41(37)62-4-2)53-42(40)44(57)52-32-14-18-54(28-32)17-7-21-63-35-25-30(46(59)60)24-33(27-35)51-16-23-61-22-15-50/h5-6,8-13,24-27,32,34,43,51H,3-4,7,14-23,28-29,50H2,1-2H3,(H,52,57)(H,59,60)/t32-,34-/m1/s1. The van der Waals surface area contributed by atoms with E-state index in [0.717, 1.165) is 24.6 Å². The van der Waals surface area contributed by atoms with Gasteiger partial charge < -0.3 is 50.4 Å². The van der Waals surface area contributed by atoms with E-state index in [9.17, 15) is 28.3 Å². The minimum Gasteiger partial charge on any atom is -0.493 e. The van der Waals surface area contributed by atoms with Gasteiger partial charge >= 0.3 is 5.97 Å². The van der Waals surface area contributed by atoms with Crippen molar-refractivity contribution in [3.63, 3.8) is 0 Å². The Morgan fingerprint density at radius 3 is 2.56 bits per heavy atom. The number of carbonyl (C=O) groups excluding carboxylic acids is 2. The van der Waals surface area contributed by atoms with E-state index in [1.54, 1.807) is 17.0 Å². The molecule has 2 fully saturated rings. The molecule has 63 heavy (non-hydrogen) atoms. The summed E-state index contributed by atoms with van der Waals surface area (Å²) in [7, 11) is 0. The number of carboxylic acids is 1. The zero-order valence-electron chi connectivity index (χ0n) is 35.7. The number of hydrogen-bond donors (Lipinski definition) is 4. The molecule has 4 aromatic rings. The van der Waals surface area contributed by atoms with Gasteiger partial charge in [0.15, 0.2) is 5.69 Å². The number of pyridine rings is 1. The number of aromatic nitrogens is 1. The van der Waals surface area contributed by atoms with Crippen LogP contribution in [0, 0.1) is 0 Å². The largest absolute Gasteiger partial charge is 0.493 e. The molecular weight excluding hydrogens is 836 g/mol. The quantitative estimate of drug-likeness (QED) is 0.0644. The fourth-order valence-corrected chi connectivity index (χ4v) is 8.17. The van der Waals surface area contributed by atoms with Crippen LogP contribution in [0.1, 0.15) is 76.3 Å². The van der Waals surface area contributed by atoms with E-state index in [-0.39, 0.29) is 52.9 Å². The lowest BCUT2D eigenvalue weighted by Crippen LogP contribution is -2.55. The van der Waals surface area contributed by atoms with Crippen molar-refractivity contribution in [2.45, 2.75) is 51.6 Å². The first-order valence-corrected chi connectivity index (χ1v) is 21.8. The van der Waals surface area contributed by atoms with Crippen molar-refractivity contribution in [3.8, 4) is 22.8 Å². The number of nitrogens with zero attached hydrogens (tertiary/aromatic N) is 4. The van der Waals surface area contributed by atoms with E-state index in [4.69, 9.17) is 36.5 Å². The molecule has 0 spiro atoms. The number of alkyl halides is 2. The van der Waals surface area contributed by atoms with Crippen LogP contribution in [0.25, 0.3) is 11.3 Å². The van der Waals surface area contributed by atoms with Crippen LogP contribution in [0.3, 0.4) is 0 Å². The number of rotatable bonds is 21. The molecule has 3 heterocycles. The summed E-state index contributed by atoms with van der Waals surface area (Å²) in [5.41, 5.74) is 7.87. The Balaban J connectivity index is 1.12. The molecule has 2 atom stereocenters. The summed E-state index contributed by atoms with van der Waals surface area (Å²) in [4.78, 5) is 50.8. The van der Waals surface area contributed by atoms with Gasteiger partial charge in [0, 0.05) is 97.9 Å². The summed E-state index contributed by atoms with van der Waals surface area (Å²) in [5, 5.41) is 16.2. The normalized spacial score (nSPS) is 16.6. The van der Waals surface area contributed by atoms with Crippen LogP contribution in [0.5, 0.6) is 11.5 Å². The number of amides is 2. The van der Waals surface area contributed by atoms with E-state index < -0.39 is 23.9 Å². The predicted molar refractivity (Wildman–Crippen MR) is 239 cm³/mol. The number of benzene rings is 3. The minimum absolute atomic E-state index is 0.0800. The molecule has 3 aromatic carbocycles. The van der Waals surface area contributed by atoms with Crippen LogP contribution < -0.4 is 30.7 Å². The Kier molecular flexibility index (Phi) is 16.9. The Morgan fingerprint density at radius 2 is 1.79 bits per heavy atom. The molecule has 0 radical (unpaired) electrons. The van der Waals surface area contributed by atoms with Crippen LogP contribution in [-0.2, 0) is 4.74 Å². The first kappa shape index (κ1) is 46.9. The number of carbonyl (C=O) groups is 3. The van der Waals surface area contributed by atoms with Gasteiger partial charge in [0.05, 0.1) is 43.4 Å². The van der Waals surface area contributed by atoms with Crippen molar-refractivity contribution in [3.05, 3.63) is 100 Å². The van der Waals surface area contributed by atoms with Gasteiger partial charge in [-0.25, -0.2) is 18.6 Å². The lowest BCUT2D eigenvalue weighted by Gasteiger charge is -2.43. The number of hydrogen-bond acceptors (Lipinski definition) is 11. The zero-order valence-corrected chi connectivity index (χ0v) is 36.4. The third-order valence-corrected chi connectivity index (χ3v) is 11.3. The number of para-hydroxylation sites is 1. The maximum Gasteiger partial charge on any atom is 0.335 e. The average molecular weight is 892 g/mol. The maximum atomic E-state index is 14.4. The molecule has 1 aromatic heterocycles. The lowest BCUT2D eigenvalue weighted by molar-refractivity contribution is 0.0692. The number of halogens is 3. The van der Waals surface area contributed by atoms with Crippen molar-refractivity contribution < 1.29 is 42.5 Å². The summed E-state index contributed by atoms with van der Waals surface area (Å²) in [5.74, 6) is -0.796. The van der Waals surface area contributed by atoms with Crippen LogP contribution in [0.4, 0.5) is 20.2 Å². The number of ether oxygens (including phenoxy) is 3. The summed E-state index contributed by atoms with van der Waals surface area (Å²) >= 11 is 6.00. The van der Waals surface area contributed by atoms with Crippen molar-refractivity contribution in [1.29, 1.82) is 0 Å². The Morgan fingerprint density at radius 1 is 0.968 bits per heavy atom. The smallest absolute Gasteiger partial charge is 0.335 e. The number of nitrogens with one attached hydrogen (secondary N) is 2. The SMILES string of the molecule is CCOc1ccccc1-c1ccc(N2CCN(C(=O)c3ccc(Cl)cc3C(F)F)C[C@H]2CC)c(C(=O)N[C@@H]2CCN(CCCOc3cc(NCCOCCN)cc(C(=O)O)c3)C2)n1. The van der Waals surface area contributed by atoms with E-state index in [1.807, 2.05) is 50.2 Å². The van der Waals surface area contributed by atoms with Crippen LogP contribution in [0.15, 0.2) is 72.8 Å². The molecule has 2 saturated heterocycles. The van der Waals surface area contributed by atoms with Crippen LogP contribution >= 0.6 is 11.6 Å². The highest BCUT2D eigenvalue weighted by Crippen LogP contribution is 2.34. The molecule has 0 bridgehead atoms. The van der Waals surface area contributed by atoms with Gasteiger partial charge in [-0.15, -0.1) is 0 Å². The van der Waals surface area contributed by atoms with Crippen molar-refractivity contribution in [2.24, 2.45) is 5.73 Å². The van der Waals surface area contributed by atoms with Gasteiger partial charge in [0.25, 0.3) is 18.2 Å². The molecule has 2 aliphatic rings. The van der Waals surface area contributed by atoms with Gasteiger partial charge in [0.2, 0.25) is 0 Å². The summed E-state index contributed by atoms with van der Waals surface area (Å²) < 4.78 is 45.2. The van der Waals surface area contributed by atoms with Crippen LogP contribution in [-0.4, -0.2) is 129 Å². The second-order valence-corrected chi connectivity index (χ2v) is 15.8. The first-order valence-electron chi connectivity index (χ1n) is 21.4. The molecule has 2 amide bonds. The van der Waals surface area contributed by atoms with Gasteiger partial charge in [-0.2, -0.15) is 0 Å². The molecule has 0 unspecified atom stereocenters. The summed E-state index contributed by atoms with van der Waals surface area (Å²) in [6, 6.07) is 19.6. The fraction of sp³-hybridized carbons (Fsp3) is 0.435. The number of anilines is 2. The first-order chi connectivity index (χ1) is 30.5. The minimum atomic E-state index is -2.86. The van der Waals surface area contributed by atoms with E-state index >= 15 is 0 Å². The lowest BCUT2D eigenvalue weighted by atomic mass is 10.0. The third-order valence-electron chi connectivity index (χ3n) is 11.1. The van der Waals surface area contributed by atoms with E-state index in [1.165, 1.54) is 18.2 Å². The van der Waals surface area contributed by atoms with Crippen LogP contribution in [0.2, 0.25) is 5.02 Å². The van der Waals surface area contributed by atoms with Gasteiger partial charge in [0.1, 0.15) is 11.5 Å². The molecule has 6 rings (SSSR count). The Bertz CT molecular complexity index is 2200. The molecule has 338 valence electrons. The predicted octanol–water partition coefficient (Wildman–Crippen LogP) is 6.84. The van der Waals surface area contributed by atoms with E-state index in [0.29, 0.717) is 101 Å². The van der Waals surface area contributed by atoms with Crippen molar-refractivity contribution in [2.75, 3.05) is 89.0 Å². The zero-order chi connectivity index (χ0) is 44.9. The fourth-order valence-electron chi connectivity index (χ4n) is 7.99. The molecule has 17 heteroatoms. The topological polar surface area (TPSA) is 172 Å². The summed E-state index contributed by atoms with van der Waals surface area (Å²) in [6.07, 6.45) is -0.855. The van der Waals surface area contributed by atoms with Gasteiger partial charge in [-0.05, 0) is 80.8 Å². The molecule has 0 aliphatic carbocycles. The second-order valence-electron chi connectivity index (χ2n) is 15.4. The van der Waals surface area contributed by atoms with Gasteiger partial charge in [-0.3, -0.25) is 9.59 Å². The highest BCUT2D eigenvalue weighted by Gasteiger charge is 2.34. The number of nitrogens with two attached hydrogens (primary N) is 1. The Labute approximate surface area is 371 Å². The molecule has 14 nitrogen and oxygen atoms in total. The highest BCUT2D eigenvalue weighted by molar-refractivity contribution is 6.30. The number of carboxylic acid groups (broad SMARTS) is 1. The molecule has 0 saturated carbocycles. The van der Waals surface area contributed by atoms with E-state index in [2.05, 4.69) is 20.4 Å². The third kappa shape index (κ3) is 12.3.